The summed E-state index contributed by atoms with van der Waals surface area (Å²) in [5.41, 5.74) is 0. The van der Waals surface area contributed by atoms with Crippen molar-refractivity contribution in [1.29, 1.82) is 0 Å². The molecule has 0 aliphatic rings. The number of aliphatic hydroxyl groups excluding tert-OH is 1. The van der Waals surface area contributed by atoms with E-state index in [2.05, 4.69) is 6.58 Å². The van der Waals surface area contributed by atoms with E-state index in [0.717, 1.165) is 6.26 Å². The van der Waals surface area contributed by atoms with Crippen LogP contribution in [0.15, 0.2) is 25.0 Å². The number of aliphatic carboxylic acids is 2. The Kier molecular flexibility index (Phi) is 8.93. The molecule has 0 amide bonds. The van der Waals surface area contributed by atoms with Crippen molar-refractivity contribution in [2.24, 2.45) is 0 Å². The van der Waals surface area contributed by atoms with Gasteiger partial charge in [-0.15, -0.1) is 0 Å². The minimum absolute atomic E-state index is 0.558. The highest BCUT2D eigenvalue weighted by atomic mass is 16.4. The Labute approximate surface area is 62.9 Å². The molecule has 62 valence electrons. The molecule has 11 heavy (non-hydrogen) atoms. The predicted octanol–water partition coefficient (Wildman–Crippen LogP) is 0.400. The third-order valence-corrected chi connectivity index (χ3v) is 0.368. The number of carbonyl (C=O) groups is 2. The van der Waals surface area contributed by atoms with Gasteiger partial charge >= 0.3 is 11.9 Å². The van der Waals surface area contributed by atoms with Crippen LogP contribution in [0, 0.1) is 0 Å². The number of carboxylic acids is 2. The second kappa shape index (κ2) is 8.22. The van der Waals surface area contributed by atoms with Crippen molar-refractivity contribution in [1.82, 2.24) is 0 Å². The average molecular weight is 160 g/mol. The molecule has 0 radical (unpaired) electrons. The van der Waals surface area contributed by atoms with Crippen molar-refractivity contribution in [3.8, 4) is 0 Å². The average Bonchev–Trinajstić information content (AvgIpc) is 1.85. The number of rotatable bonds is 2. The van der Waals surface area contributed by atoms with Gasteiger partial charge in [0.25, 0.3) is 0 Å². The first kappa shape index (κ1) is 12.0. The maximum atomic E-state index is 9.55. The highest BCUT2D eigenvalue weighted by Gasteiger charge is 1.88. The molecule has 0 bridgehead atoms. The maximum absolute atomic E-state index is 9.55. The summed E-state index contributed by atoms with van der Waals surface area (Å²) in [5.74, 6) is -2.51. The van der Waals surface area contributed by atoms with Crippen molar-refractivity contribution in [2.45, 2.75) is 0 Å². The van der Waals surface area contributed by atoms with Crippen molar-refractivity contribution in [3.05, 3.63) is 25.0 Å². The SMILES string of the molecule is C=CO.O=C(O)/C=C/C(=O)O. The monoisotopic (exact) mass is 160 g/mol. The Hall–Kier alpha value is -1.78. The van der Waals surface area contributed by atoms with Crippen LogP contribution in [0.1, 0.15) is 0 Å². The predicted molar refractivity (Wildman–Crippen MR) is 37.2 cm³/mol. The van der Waals surface area contributed by atoms with E-state index in [1.807, 2.05) is 0 Å². The lowest BCUT2D eigenvalue weighted by Crippen LogP contribution is -1.91. The van der Waals surface area contributed by atoms with E-state index >= 15 is 0 Å². The first-order valence-corrected chi connectivity index (χ1v) is 2.43. The number of hydrogen-bond acceptors (Lipinski definition) is 3. The van der Waals surface area contributed by atoms with Gasteiger partial charge in [-0.25, -0.2) is 9.59 Å². The second-order valence-corrected chi connectivity index (χ2v) is 1.19. The minimum Gasteiger partial charge on any atom is -0.516 e. The molecule has 0 unspecified atom stereocenters. The van der Waals surface area contributed by atoms with Crippen LogP contribution in [0.25, 0.3) is 0 Å². The fourth-order valence-corrected chi connectivity index (χ4v) is 0.143. The van der Waals surface area contributed by atoms with E-state index in [1.54, 1.807) is 0 Å². The van der Waals surface area contributed by atoms with Gasteiger partial charge in [0.05, 0.1) is 6.26 Å². The van der Waals surface area contributed by atoms with Gasteiger partial charge in [0.1, 0.15) is 0 Å². The molecule has 5 heteroatoms. The van der Waals surface area contributed by atoms with Crippen LogP contribution >= 0.6 is 0 Å². The summed E-state index contributed by atoms with van der Waals surface area (Å²) in [7, 11) is 0. The van der Waals surface area contributed by atoms with Crippen LogP contribution in [0.4, 0.5) is 0 Å². The van der Waals surface area contributed by atoms with Crippen molar-refractivity contribution < 1.29 is 24.9 Å². The van der Waals surface area contributed by atoms with Crippen LogP contribution in [0.5, 0.6) is 0 Å². The molecular weight excluding hydrogens is 152 g/mol. The Morgan fingerprint density at radius 2 is 1.27 bits per heavy atom. The van der Waals surface area contributed by atoms with Crippen LogP contribution < -0.4 is 0 Å². The lowest BCUT2D eigenvalue weighted by Gasteiger charge is -1.74. The molecule has 0 spiro atoms. The summed E-state index contributed by atoms with van der Waals surface area (Å²) in [6.45, 7) is 2.92. The molecule has 0 rings (SSSR count). The van der Waals surface area contributed by atoms with Crippen LogP contribution in [-0.2, 0) is 9.59 Å². The lowest BCUT2D eigenvalue weighted by atomic mass is 10.5. The van der Waals surface area contributed by atoms with E-state index in [9.17, 15) is 9.59 Å². The summed E-state index contributed by atoms with van der Waals surface area (Å²) in [6.07, 6.45) is 1.87. The summed E-state index contributed by atoms with van der Waals surface area (Å²) in [6, 6.07) is 0. The molecule has 0 aromatic heterocycles. The molecular formula is C6H8O5. The zero-order chi connectivity index (χ0) is 9.28. The van der Waals surface area contributed by atoms with Gasteiger partial charge in [-0.05, 0) is 0 Å². The van der Waals surface area contributed by atoms with E-state index in [4.69, 9.17) is 15.3 Å². The molecule has 0 fully saturated rings. The third kappa shape index (κ3) is 30.7. The third-order valence-electron chi connectivity index (χ3n) is 0.368. The minimum atomic E-state index is -1.26. The molecule has 5 nitrogen and oxygen atoms in total. The fourth-order valence-electron chi connectivity index (χ4n) is 0.143. The molecule has 0 aliphatic heterocycles. The molecule has 0 atom stereocenters. The maximum Gasteiger partial charge on any atom is 0.328 e. The molecule has 0 aromatic carbocycles. The second-order valence-electron chi connectivity index (χ2n) is 1.19. The van der Waals surface area contributed by atoms with E-state index in [1.165, 1.54) is 0 Å². The van der Waals surface area contributed by atoms with Crippen molar-refractivity contribution in [2.75, 3.05) is 0 Å². The molecule has 0 aliphatic carbocycles. The van der Waals surface area contributed by atoms with E-state index in [0.29, 0.717) is 12.2 Å². The van der Waals surface area contributed by atoms with Gasteiger partial charge in [0, 0.05) is 12.2 Å². The van der Waals surface area contributed by atoms with E-state index < -0.39 is 11.9 Å². The molecule has 0 heterocycles. The summed E-state index contributed by atoms with van der Waals surface area (Å²) < 4.78 is 0. The normalized spacial score (nSPS) is 8.00. The highest BCUT2D eigenvalue weighted by Crippen LogP contribution is 1.70. The van der Waals surface area contributed by atoms with Gasteiger partial charge in [-0.2, -0.15) is 0 Å². The van der Waals surface area contributed by atoms with Gasteiger partial charge in [-0.1, -0.05) is 6.58 Å². The zero-order valence-electron chi connectivity index (χ0n) is 5.60. The molecule has 0 aromatic rings. The Balaban J connectivity index is 0. The largest absolute Gasteiger partial charge is 0.516 e. The van der Waals surface area contributed by atoms with Gasteiger partial charge < -0.3 is 15.3 Å². The van der Waals surface area contributed by atoms with Crippen molar-refractivity contribution in [3.63, 3.8) is 0 Å². The first-order chi connectivity index (χ1) is 5.04. The summed E-state index contributed by atoms with van der Waals surface area (Å²) >= 11 is 0. The molecule has 0 saturated carbocycles. The Morgan fingerprint density at radius 3 is 1.36 bits per heavy atom. The number of aliphatic hydroxyl groups is 1. The van der Waals surface area contributed by atoms with Crippen LogP contribution in [0.3, 0.4) is 0 Å². The van der Waals surface area contributed by atoms with Gasteiger partial charge in [0.2, 0.25) is 0 Å². The van der Waals surface area contributed by atoms with Gasteiger partial charge in [0.15, 0.2) is 0 Å². The van der Waals surface area contributed by atoms with Crippen LogP contribution in [0.2, 0.25) is 0 Å². The number of hydrogen-bond donors (Lipinski definition) is 3. The molecule has 0 saturated heterocycles. The van der Waals surface area contributed by atoms with Gasteiger partial charge in [-0.3, -0.25) is 0 Å². The fraction of sp³-hybridized carbons (Fsp3) is 0. The standard InChI is InChI=1S/C4H4O4.C2H4O/c5-3(6)1-2-4(7)8;1-2-3/h1-2H,(H,5,6)(H,7,8);2-3H,1H2/b2-1+;. The topological polar surface area (TPSA) is 94.8 Å². The highest BCUT2D eigenvalue weighted by molar-refractivity contribution is 5.89. The van der Waals surface area contributed by atoms with Crippen LogP contribution in [-0.4, -0.2) is 27.3 Å². The lowest BCUT2D eigenvalue weighted by molar-refractivity contribution is -0.134. The Morgan fingerprint density at radius 1 is 1.09 bits per heavy atom. The number of carboxylic acid groups (broad SMARTS) is 2. The smallest absolute Gasteiger partial charge is 0.328 e. The quantitative estimate of drug-likeness (QED) is 0.401. The van der Waals surface area contributed by atoms with Crippen molar-refractivity contribution >= 4 is 11.9 Å². The summed E-state index contributed by atoms with van der Waals surface area (Å²) in [4.78, 5) is 19.1. The Bertz CT molecular complexity index is 154. The molecule has 3 N–H and O–H groups in total. The zero-order valence-corrected chi connectivity index (χ0v) is 5.60. The summed E-state index contributed by atoms with van der Waals surface area (Å²) in [5, 5.41) is 23.0. The first-order valence-electron chi connectivity index (χ1n) is 2.43. The van der Waals surface area contributed by atoms with E-state index in [-0.39, 0.29) is 0 Å².